The monoisotopic (exact) mass is 257 g/mol. The molecule has 1 aliphatic heterocycles. The van der Waals surface area contributed by atoms with E-state index in [1.165, 1.54) is 25.9 Å². The van der Waals surface area contributed by atoms with E-state index < -0.39 is 0 Å². The molecule has 1 fully saturated rings. The fraction of sp³-hybridized carbons (Fsp3) is 0.917. The molecule has 1 atom stereocenters. The van der Waals surface area contributed by atoms with Crippen LogP contribution in [0.25, 0.3) is 0 Å². The maximum Gasteiger partial charge on any atom is 0.206 e. The fourth-order valence-corrected chi connectivity index (χ4v) is 2.15. The maximum atomic E-state index is 5.43. The molecule has 0 amide bonds. The molecule has 6 heteroatoms. The molecule has 0 saturated carbocycles. The molecule has 18 heavy (non-hydrogen) atoms. The highest BCUT2D eigenvalue weighted by molar-refractivity contribution is 5.79. The quantitative estimate of drug-likeness (QED) is 0.195. The van der Waals surface area contributed by atoms with Gasteiger partial charge in [-0.3, -0.25) is 10.4 Å². The van der Waals surface area contributed by atoms with Crippen LogP contribution in [0.4, 0.5) is 0 Å². The van der Waals surface area contributed by atoms with Crippen molar-refractivity contribution in [3.8, 4) is 0 Å². The first kappa shape index (κ1) is 15.2. The number of hydrogen-bond donors (Lipinski definition) is 3. The molecule has 1 aliphatic rings. The number of rotatable bonds is 7. The van der Waals surface area contributed by atoms with Crippen molar-refractivity contribution in [1.82, 2.24) is 15.6 Å². The molecule has 6 nitrogen and oxygen atoms in total. The second-order valence-corrected chi connectivity index (χ2v) is 4.78. The largest absolute Gasteiger partial charge is 0.383 e. The van der Waals surface area contributed by atoms with Gasteiger partial charge in [-0.15, -0.1) is 0 Å². The van der Waals surface area contributed by atoms with E-state index in [2.05, 4.69) is 20.6 Å². The predicted molar refractivity (Wildman–Crippen MR) is 74.4 cm³/mol. The standard InChI is InChI=1S/C12H27N5O/c1-11(10-18-2)15-12(16-13)14-6-5-9-17-7-3-4-8-17/h11H,3-10,13H2,1-2H3,(H2,14,15,16). The van der Waals surface area contributed by atoms with E-state index in [9.17, 15) is 0 Å². The van der Waals surface area contributed by atoms with E-state index in [0.29, 0.717) is 12.6 Å². The minimum Gasteiger partial charge on any atom is -0.383 e. The average Bonchev–Trinajstić information content (AvgIpc) is 2.86. The van der Waals surface area contributed by atoms with Crippen molar-refractivity contribution in [2.45, 2.75) is 32.2 Å². The number of hydrazine groups is 1. The summed E-state index contributed by atoms with van der Waals surface area (Å²) in [6, 6.07) is 0.198. The van der Waals surface area contributed by atoms with Crippen LogP contribution in [0.2, 0.25) is 0 Å². The van der Waals surface area contributed by atoms with Crippen LogP contribution in [-0.4, -0.2) is 56.8 Å². The Kier molecular flexibility index (Phi) is 7.71. The van der Waals surface area contributed by atoms with Crippen LogP contribution in [0.15, 0.2) is 4.99 Å². The van der Waals surface area contributed by atoms with Gasteiger partial charge in [-0.25, -0.2) is 5.84 Å². The summed E-state index contributed by atoms with van der Waals surface area (Å²) in [6.07, 6.45) is 3.76. The second kappa shape index (κ2) is 9.13. The van der Waals surface area contributed by atoms with Crippen LogP contribution in [0.3, 0.4) is 0 Å². The van der Waals surface area contributed by atoms with E-state index in [0.717, 1.165) is 19.5 Å². The Morgan fingerprint density at radius 2 is 2.17 bits per heavy atom. The van der Waals surface area contributed by atoms with Crippen molar-refractivity contribution >= 4 is 5.96 Å². The molecule has 106 valence electrons. The SMILES string of the molecule is COCC(C)NC(=NCCCN1CCCC1)NN. The summed E-state index contributed by atoms with van der Waals surface area (Å²) in [5.41, 5.74) is 2.59. The summed E-state index contributed by atoms with van der Waals surface area (Å²) in [4.78, 5) is 6.90. The Balaban J connectivity index is 2.16. The third-order valence-corrected chi connectivity index (χ3v) is 3.04. The first-order valence-electron chi connectivity index (χ1n) is 6.75. The Labute approximate surface area is 110 Å². The van der Waals surface area contributed by atoms with Gasteiger partial charge in [0.1, 0.15) is 0 Å². The third-order valence-electron chi connectivity index (χ3n) is 3.04. The lowest BCUT2D eigenvalue weighted by molar-refractivity contribution is 0.179. The van der Waals surface area contributed by atoms with E-state index in [-0.39, 0.29) is 6.04 Å². The molecular weight excluding hydrogens is 230 g/mol. The van der Waals surface area contributed by atoms with Gasteiger partial charge >= 0.3 is 0 Å². The van der Waals surface area contributed by atoms with Crippen LogP contribution in [0.5, 0.6) is 0 Å². The predicted octanol–water partition coefficient (Wildman–Crippen LogP) is -0.0839. The van der Waals surface area contributed by atoms with Gasteiger partial charge in [0.25, 0.3) is 0 Å². The number of methoxy groups -OCH3 is 1. The molecule has 1 rings (SSSR count). The minimum absolute atomic E-state index is 0.198. The highest BCUT2D eigenvalue weighted by atomic mass is 16.5. The molecular formula is C12H27N5O. The number of ether oxygens (including phenoxy) is 1. The Hall–Kier alpha value is -0.850. The number of hydrogen-bond acceptors (Lipinski definition) is 4. The molecule has 0 aromatic heterocycles. The molecule has 0 radical (unpaired) electrons. The highest BCUT2D eigenvalue weighted by Gasteiger charge is 2.10. The zero-order valence-corrected chi connectivity index (χ0v) is 11.6. The van der Waals surface area contributed by atoms with Crippen molar-refractivity contribution < 1.29 is 4.74 Å². The number of likely N-dealkylation sites (tertiary alicyclic amines) is 1. The second-order valence-electron chi connectivity index (χ2n) is 4.78. The summed E-state index contributed by atoms with van der Waals surface area (Å²) >= 11 is 0. The summed E-state index contributed by atoms with van der Waals surface area (Å²) in [5.74, 6) is 6.07. The summed E-state index contributed by atoms with van der Waals surface area (Å²) in [5, 5.41) is 3.17. The molecule has 0 aromatic rings. The molecule has 0 bridgehead atoms. The van der Waals surface area contributed by atoms with Crippen LogP contribution in [-0.2, 0) is 4.74 Å². The Morgan fingerprint density at radius 1 is 1.44 bits per heavy atom. The molecule has 1 unspecified atom stereocenters. The normalized spacial score (nSPS) is 18.9. The number of guanidine groups is 1. The molecule has 4 N–H and O–H groups in total. The lowest BCUT2D eigenvalue weighted by Crippen LogP contribution is -2.47. The van der Waals surface area contributed by atoms with E-state index in [1.54, 1.807) is 7.11 Å². The first-order chi connectivity index (χ1) is 8.76. The topological polar surface area (TPSA) is 74.9 Å². The smallest absolute Gasteiger partial charge is 0.206 e. The van der Waals surface area contributed by atoms with E-state index in [4.69, 9.17) is 10.6 Å². The fourth-order valence-electron chi connectivity index (χ4n) is 2.15. The van der Waals surface area contributed by atoms with Gasteiger partial charge in [-0.1, -0.05) is 0 Å². The zero-order chi connectivity index (χ0) is 13.2. The van der Waals surface area contributed by atoms with Crippen molar-refractivity contribution in [3.63, 3.8) is 0 Å². The van der Waals surface area contributed by atoms with E-state index >= 15 is 0 Å². The van der Waals surface area contributed by atoms with Gasteiger partial charge in [0.2, 0.25) is 5.96 Å². The lowest BCUT2D eigenvalue weighted by atomic mass is 10.4. The van der Waals surface area contributed by atoms with Gasteiger partial charge < -0.3 is 15.0 Å². The van der Waals surface area contributed by atoms with Crippen molar-refractivity contribution in [2.75, 3.05) is 39.9 Å². The van der Waals surface area contributed by atoms with Crippen LogP contribution < -0.4 is 16.6 Å². The Morgan fingerprint density at radius 3 is 2.78 bits per heavy atom. The first-order valence-corrected chi connectivity index (χ1v) is 6.75. The van der Waals surface area contributed by atoms with Crippen molar-refractivity contribution in [2.24, 2.45) is 10.8 Å². The number of aliphatic imine (C=N–C) groups is 1. The van der Waals surface area contributed by atoms with Crippen molar-refractivity contribution in [3.05, 3.63) is 0 Å². The van der Waals surface area contributed by atoms with Crippen LogP contribution in [0.1, 0.15) is 26.2 Å². The molecule has 0 spiro atoms. The average molecular weight is 257 g/mol. The summed E-state index contributed by atoms with van der Waals surface area (Å²) < 4.78 is 5.05. The van der Waals surface area contributed by atoms with Crippen LogP contribution >= 0.6 is 0 Å². The third kappa shape index (κ3) is 6.18. The summed E-state index contributed by atoms with van der Waals surface area (Å²) in [6.45, 7) is 7.08. The molecule has 0 aliphatic carbocycles. The van der Waals surface area contributed by atoms with E-state index in [1.807, 2.05) is 6.92 Å². The zero-order valence-electron chi connectivity index (χ0n) is 11.6. The van der Waals surface area contributed by atoms with Gasteiger partial charge in [0.05, 0.1) is 6.61 Å². The lowest BCUT2D eigenvalue weighted by Gasteiger charge is -2.16. The summed E-state index contributed by atoms with van der Waals surface area (Å²) in [7, 11) is 1.68. The van der Waals surface area contributed by atoms with Crippen molar-refractivity contribution in [1.29, 1.82) is 0 Å². The number of nitrogens with two attached hydrogens (primary N) is 1. The highest BCUT2D eigenvalue weighted by Crippen LogP contribution is 2.07. The molecule has 1 heterocycles. The van der Waals surface area contributed by atoms with Gasteiger partial charge in [-0.2, -0.15) is 0 Å². The number of nitrogens with one attached hydrogen (secondary N) is 2. The Bertz CT molecular complexity index is 241. The van der Waals surface area contributed by atoms with Crippen LogP contribution in [0, 0.1) is 0 Å². The number of nitrogens with zero attached hydrogens (tertiary/aromatic N) is 2. The molecule has 0 aromatic carbocycles. The van der Waals surface area contributed by atoms with Gasteiger partial charge in [-0.05, 0) is 45.8 Å². The van der Waals surface area contributed by atoms with Gasteiger partial charge in [0, 0.05) is 19.7 Å². The minimum atomic E-state index is 0.198. The van der Waals surface area contributed by atoms with Gasteiger partial charge in [0.15, 0.2) is 0 Å². The maximum absolute atomic E-state index is 5.43. The molecule has 1 saturated heterocycles.